The second-order valence-corrected chi connectivity index (χ2v) is 3.57. The molecule has 0 aliphatic rings. The lowest BCUT2D eigenvalue weighted by molar-refractivity contribution is 0.0516. The van der Waals surface area contributed by atoms with Crippen LogP contribution in [0.1, 0.15) is 23.0 Å². The molecule has 0 amide bonds. The molecule has 1 heterocycles. The van der Waals surface area contributed by atoms with Crippen LogP contribution in [0.25, 0.3) is 0 Å². The highest BCUT2D eigenvalue weighted by atomic mass is 79.9. The van der Waals surface area contributed by atoms with Crippen molar-refractivity contribution in [2.75, 3.05) is 12.3 Å². The van der Waals surface area contributed by atoms with E-state index in [1.165, 1.54) is 4.57 Å². The Morgan fingerprint density at radius 3 is 2.73 bits per heavy atom. The summed E-state index contributed by atoms with van der Waals surface area (Å²) in [5.74, 6) is -0.528. The van der Waals surface area contributed by atoms with Crippen molar-refractivity contribution in [1.29, 1.82) is 5.26 Å². The average molecular weight is 272 g/mol. The minimum absolute atomic E-state index is 0.144. The molecule has 0 atom stereocenters. The van der Waals surface area contributed by atoms with Crippen molar-refractivity contribution in [3.05, 3.63) is 15.9 Å². The first kappa shape index (κ1) is 11.6. The van der Waals surface area contributed by atoms with E-state index in [1.54, 1.807) is 14.0 Å². The molecule has 0 fully saturated rings. The van der Waals surface area contributed by atoms with Gasteiger partial charge in [-0.25, -0.2) is 4.79 Å². The molecule has 0 aliphatic carbocycles. The van der Waals surface area contributed by atoms with Gasteiger partial charge in [0.05, 0.1) is 12.3 Å². The van der Waals surface area contributed by atoms with E-state index in [-0.39, 0.29) is 23.6 Å². The Hall–Kier alpha value is -1.48. The molecule has 0 bridgehead atoms. The van der Waals surface area contributed by atoms with E-state index >= 15 is 0 Å². The number of nitrogen functional groups attached to an aromatic ring is 1. The van der Waals surface area contributed by atoms with Gasteiger partial charge in [-0.2, -0.15) is 5.26 Å². The number of ether oxygens (including phenoxy) is 1. The average Bonchev–Trinajstić information content (AvgIpc) is 2.39. The van der Waals surface area contributed by atoms with Crippen molar-refractivity contribution in [3.63, 3.8) is 0 Å². The third kappa shape index (κ3) is 1.83. The number of esters is 1. The van der Waals surface area contributed by atoms with Crippen LogP contribution in [0.3, 0.4) is 0 Å². The van der Waals surface area contributed by atoms with Crippen LogP contribution in [0.15, 0.2) is 4.60 Å². The van der Waals surface area contributed by atoms with Gasteiger partial charge in [-0.05, 0) is 22.9 Å². The van der Waals surface area contributed by atoms with Crippen LogP contribution in [0.2, 0.25) is 0 Å². The van der Waals surface area contributed by atoms with Gasteiger partial charge < -0.3 is 15.0 Å². The van der Waals surface area contributed by atoms with Crippen molar-refractivity contribution < 1.29 is 9.53 Å². The predicted molar refractivity (Wildman–Crippen MR) is 58.2 cm³/mol. The number of aromatic nitrogens is 1. The maximum absolute atomic E-state index is 11.5. The van der Waals surface area contributed by atoms with Gasteiger partial charge in [0.1, 0.15) is 16.2 Å². The van der Waals surface area contributed by atoms with Gasteiger partial charge >= 0.3 is 5.97 Å². The summed E-state index contributed by atoms with van der Waals surface area (Å²) in [7, 11) is 1.63. The smallest absolute Gasteiger partial charge is 0.357 e. The molecule has 2 N–H and O–H groups in total. The molecule has 1 aromatic heterocycles. The van der Waals surface area contributed by atoms with Crippen LogP contribution in [-0.2, 0) is 11.8 Å². The van der Waals surface area contributed by atoms with Gasteiger partial charge in [0.15, 0.2) is 5.69 Å². The largest absolute Gasteiger partial charge is 0.461 e. The summed E-state index contributed by atoms with van der Waals surface area (Å²) in [6, 6.07) is 1.92. The number of rotatable bonds is 2. The molecule has 0 saturated carbocycles. The molecule has 15 heavy (non-hydrogen) atoms. The topological polar surface area (TPSA) is 81.0 Å². The number of anilines is 1. The second-order valence-electron chi connectivity index (χ2n) is 2.82. The molecular weight excluding hydrogens is 262 g/mol. The van der Waals surface area contributed by atoms with Crippen LogP contribution in [0.5, 0.6) is 0 Å². The third-order valence-corrected chi connectivity index (χ3v) is 2.87. The fourth-order valence-corrected chi connectivity index (χ4v) is 1.71. The molecule has 5 nitrogen and oxygen atoms in total. The fraction of sp³-hybridized carbons (Fsp3) is 0.333. The molecule has 0 aromatic carbocycles. The standard InChI is InChI=1S/C9H10BrN3O2/c1-3-15-9(14)7-6(12)5(4-11)8(10)13(7)2/h3,12H2,1-2H3. The molecule has 0 unspecified atom stereocenters. The normalized spacial score (nSPS) is 9.73. The molecular formula is C9H10BrN3O2. The first-order chi connectivity index (χ1) is 7.04. The maximum atomic E-state index is 11.5. The van der Waals surface area contributed by atoms with E-state index in [1.807, 2.05) is 6.07 Å². The monoisotopic (exact) mass is 271 g/mol. The van der Waals surface area contributed by atoms with E-state index in [9.17, 15) is 4.79 Å². The van der Waals surface area contributed by atoms with Gasteiger partial charge in [-0.15, -0.1) is 0 Å². The molecule has 0 radical (unpaired) electrons. The highest BCUT2D eigenvalue weighted by Gasteiger charge is 2.23. The number of nitrogens with zero attached hydrogens (tertiary/aromatic N) is 2. The SMILES string of the molecule is CCOC(=O)c1c(N)c(C#N)c(Br)n1C. The van der Waals surface area contributed by atoms with E-state index in [0.29, 0.717) is 4.60 Å². The van der Waals surface area contributed by atoms with E-state index in [0.717, 1.165) is 0 Å². The number of halogens is 1. The summed E-state index contributed by atoms with van der Waals surface area (Å²) in [4.78, 5) is 11.5. The van der Waals surface area contributed by atoms with Crippen molar-refractivity contribution in [1.82, 2.24) is 4.57 Å². The number of nitriles is 1. The quantitative estimate of drug-likeness (QED) is 0.825. The molecule has 6 heteroatoms. The number of carbonyl (C=O) groups excluding carboxylic acids is 1. The minimum Gasteiger partial charge on any atom is -0.461 e. The zero-order valence-electron chi connectivity index (χ0n) is 8.37. The van der Waals surface area contributed by atoms with Crippen molar-refractivity contribution >= 4 is 27.6 Å². The Morgan fingerprint density at radius 1 is 1.73 bits per heavy atom. The van der Waals surface area contributed by atoms with Crippen LogP contribution < -0.4 is 5.73 Å². The third-order valence-electron chi connectivity index (χ3n) is 1.94. The lowest BCUT2D eigenvalue weighted by atomic mass is 10.3. The molecule has 0 spiro atoms. The van der Waals surface area contributed by atoms with Gasteiger partial charge in [0.25, 0.3) is 0 Å². The zero-order chi connectivity index (χ0) is 11.6. The van der Waals surface area contributed by atoms with Crippen LogP contribution in [0, 0.1) is 11.3 Å². The Labute approximate surface area is 95.6 Å². The number of nitrogens with two attached hydrogens (primary N) is 1. The van der Waals surface area contributed by atoms with E-state index in [4.69, 9.17) is 15.7 Å². The summed E-state index contributed by atoms with van der Waals surface area (Å²) in [5.41, 5.74) is 6.26. The highest BCUT2D eigenvalue weighted by molar-refractivity contribution is 9.10. The summed E-state index contributed by atoms with van der Waals surface area (Å²) < 4.78 is 6.80. The summed E-state index contributed by atoms with van der Waals surface area (Å²) >= 11 is 3.18. The van der Waals surface area contributed by atoms with Crippen molar-refractivity contribution in [2.45, 2.75) is 6.92 Å². The maximum Gasteiger partial charge on any atom is 0.357 e. The lowest BCUT2D eigenvalue weighted by Crippen LogP contribution is -2.11. The van der Waals surface area contributed by atoms with Crippen molar-refractivity contribution in [2.24, 2.45) is 7.05 Å². The first-order valence-electron chi connectivity index (χ1n) is 4.25. The molecule has 80 valence electrons. The molecule has 0 aliphatic heterocycles. The highest BCUT2D eigenvalue weighted by Crippen LogP contribution is 2.28. The Morgan fingerprint density at radius 2 is 2.33 bits per heavy atom. The van der Waals surface area contributed by atoms with Gasteiger partial charge in [0, 0.05) is 7.05 Å². The van der Waals surface area contributed by atoms with E-state index in [2.05, 4.69) is 15.9 Å². The number of hydrogen-bond donors (Lipinski definition) is 1. The summed E-state index contributed by atoms with van der Waals surface area (Å²) in [6.45, 7) is 1.97. The second kappa shape index (κ2) is 4.36. The van der Waals surface area contributed by atoms with Gasteiger partial charge in [-0.1, -0.05) is 0 Å². The van der Waals surface area contributed by atoms with Gasteiger partial charge in [0.2, 0.25) is 0 Å². The molecule has 0 saturated heterocycles. The summed E-state index contributed by atoms with van der Waals surface area (Å²) in [5, 5.41) is 8.82. The Balaban J connectivity index is 3.32. The molecule has 1 aromatic rings. The predicted octanol–water partition coefficient (Wildman–Crippen LogP) is 1.42. The Bertz CT molecular complexity index is 445. The lowest BCUT2D eigenvalue weighted by Gasteiger charge is -2.04. The Kier molecular flexibility index (Phi) is 3.37. The van der Waals surface area contributed by atoms with Crippen molar-refractivity contribution in [3.8, 4) is 6.07 Å². The van der Waals surface area contributed by atoms with Crippen LogP contribution in [0.4, 0.5) is 5.69 Å². The minimum atomic E-state index is -0.528. The number of carbonyl (C=O) groups is 1. The first-order valence-corrected chi connectivity index (χ1v) is 5.04. The summed E-state index contributed by atoms with van der Waals surface area (Å²) in [6.07, 6.45) is 0. The van der Waals surface area contributed by atoms with Gasteiger partial charge in [-0.3, -0.25) is 0 Å². The van der Waals surface area contributed by atoms with E-state index < -0.39 is 5.97 Å². The fourth-order valence-electron chi connectivity index (χ4n) is 1.23. The zero-order valence-corrected chi connectivity index (χ0v) is 9.96. The van der Waals surface area contributed by atoms with Crippen LogP contribution in [-0.4, -0.2) is 17.1 Å². The number of hydrogen-bond acceptors (Lipinski definition) is 4. The van der Waals surface area contributed by atoms with Crippen LogP contribution >= 0.6 is 15.9 Å². The molecule has 1 rings (SSSR count).